The molecule has 1 aliphatic heterocycles. The van der Waals surface area contributed by atoms with E-state index < -0.39 is 0 Å². The first kappa shape index (κ1) is 17.9. The van der Waals surface area contributed by atoms with Gasteiger partial charge in [-0.3, -0.25) is 14.9 Å². The molecule has 1 fully saturated rings. The number of rotatable bonds is 5. The lowest BCUT2D eigenvalue weighted by Gasteiger charge is -2.32. The second kappa shape index (κ2) is 8.02. The van der Waals surface area contributed by atoms with Crippen molar-refractivity contribution < 1.29 is 9.53 Å². The number of nitrogens with zero attached hydrogens (tertiary/aromatic N) is 3. The molecular formula is C20H22N4O2S. The number of aromatic amines is 1. The van der Waals surface area contributed by atoms with Crippen LogP contribution in [0, 0.1) is 6.92 Å². The number of H-pyrrole nitrogens is 1. The van der Waals surface area contributed by atoms with E-state index in [0.29, 0.717) is 18.8 Å². The monoisotopic (exact) mass is 382 g/mol. The summed E-state index contributed by atoms with van der Waals surface area (Å²) in [5.74, 6) is -0.0412. The molecular weight excluding hydrogens is 360 g/mol. The Bertz CT molecular complexity index is 906. The van der Waals surface area contributed by atoms with Gasteiger partial charge < -0.3 is 9.64 Å². The molecule has 1 N–H and O–H groups in total. The van der Waals surface area contributed by atoms with Crippen LogP contribution in [0.3, 0.4) is 0 Å². The van der Waals surface area contributed by atoms with Crippen molar-refractivity contribution in [3.05, 3.63) is 58.9 Å². The predicted octanol–water partition coefficient (Wildman–Crippen LogP) is 3.66. The topological polar surface area (TPSA) is 71.1 Å². The van der Waals surface area contributed by atoms with E-state index in [1.165, 1.54) is 4.88 Å². The van der Waals surface area contributed by atoms with Gasteiger partial charge in [0.05, 0.1) is 23.3 Å². The van der Waals surface area contributed by atoms with Gasteiger partial charge in [0.1, 0.15) is 0 Å². The molecule has 27 heavy (non-hydrogen) atoms. The fourth-order valence-electron chi connectivity index (χ4n) is 3.26. The first-order valence-corrected chi connectivity index (χ1v) is 9.93. The highest BCUT2D eigenvalue weighted by Gasteiger charge is 2.26. The number of carbonyl (C=O) groups is 1. The lowest BCUT2D eigenvalue weighted by atomic mass is 10.1. The third kappa shape index (κ3) is 4.26. The van der Waals surface area contributed by atoms with E-state index in [1.54, 1.807) is 17.5 Å². The number of ether oxygens (including phenoxy) is 1. The second-order valence-electron chi connectivity index (χ2n) is 6.76. The molecule has 0 spiro atoms. The molecule has 3 aromatic heterocycles. The van der Waals surface area contributed by atoms with Crippen LogP contribution in [-0.4, -0.2) is 45.2 Å². The van der Waals surface area contributed by atoms with Crippen LogP contribution in [-0.2, 0) is 11.3 Å². The van der Waals surface area contributed by atoms with Gasteiger partial charge >= 0.3 is 0 Å². The Kier molecular flexibility index (Phi) is 5.31. The van der Waals surface area contributed by atoms with Crippen LogP contribution in [0.2, 0.25) is 0 Å². The molecule has 6 nitrogen and oxygen atoms in total. The summed E-state index contributed by atoms with van der Waals surface area (Å²) in [4.78, 5) is 21.1. The highest BCUT2D eigenvalue weighted by molar-refractivity contribution is 7.15. The van der Waals surface area contributed by atoms with Gasteiger partial charge in [0, 0.05) is 30.4 Å². The Balaban J connectivity index is 1.38. The summed E-state index contributed by atoms with van der Waals surface area (Å²) < 4.78 is 6.00. The molecule has 0 aliphatic carbocycles. The van der Waals surface area contributed by atoms with Crippen LogP contribution in [0.1, 0.15) is 33.8 Å². The lowest BCUT2D eigenvalue weighted by molar-refractivity contribution is -0.00697. The van der Waals surface area contributed by atoms with E-state index in [9.17, 15) is 4.79 Å². The molecule has 0 radical (unpaired) electrons. The van der Waals surface area contributed by atoms with Crippen LogP contribution in [0.15, 0.2) is 42.7 Å². The fourth-order valence-corrected chi connectivity index (χ4v) is 4.09. The fraction of sp³-hybridized carbons (Fsp3) is 0.350. The van der Waals surface area contributed by atoms with Crippen LogP contribution in [0.25, 0.3) is 10.6 Å². The normalized spacial score (nSPS) is 17.2. The first-order chi connectivity index (χ1) is 13.2. The van der Waals surface area contributed by atoms with Crippen molar-refractivity contribution in [2.75, 3.05) is 13.1 Å². The van der Waals surface area contributed by atoms with Crippen molar-refractivity contribution in [2.45, 2.75) is 32.5 Å². The summed E-state index contributed by atoms with van der Waals surface area (Å²) >= 11 is 1.69. The van der Waals surface area contributed by atoms with Gasteiger partial charge in [0.2, 0.25) is 0 Å². The van der Waals surface area contributed by atoms with E-state index in [0.717, 1.165) is 35.5 Å². The van der Waals surface area contributed by atoms with Gasteiger partial charge in [-0.25, -0.2) is 0 Å². The Hall–Kier alpha value is -2.51. The summed E-state index contributed by atoms with van der Waals surface area (Å²) in [6.45, 7) is 3.92. The molecule has 7 heteroatoms. The van der Waals surface area contributed by atoms with Crippen molar-refractivity contribution in [1.29, 1.82) is 0 Å². The number of likely N-dealkylation sites (tertiary alicyclic amines) is 1. The van der Waals surface area contributed by atoms with Crippen LogP contribution in [0.4, 0.5) is 0 Å². The van der Waals surface area contributed by atoms with Gasteiger partial charge in [-0.15, -0.1) is 11.3 Å². The average Bonchev–Trinajstić information content (AvgIpc) is 3.36. The number of thiophene rings is 1. The van der Waals surface area contributed by atoms with Crippen LogP contribution >= 0.6 is 11.3 Å². The average molecular weight is 382 g/mol. The van der Waals surface area contributed by atoms with Crippen molar-refractivity contribution in [3.63, 3.8) is 0 Å². The number of hydrogen-bond acceptors (Lipinski definition) is 5. The highest BCUT2D eigenvalue weighted by atomic mass is 32.1. The maximum absolute atomic E-state index is 12.9. The molecule has 1 amide bonds. The Labute approximate surface area is 162 Å². The molecule has 0 bridgehead atoms. The minimum atomic E-state index is -0.0412. The van der Waals surface area contributed by atoms with E-state index in [2.05, 4.69) is 28.2 Å². The third-order valence-electron chi connectivity index (χ3n) is 4.68. The second-order valence-corrected chi connectivity index (χ2v) is 8.05. The summed E-state index contributed by atoms with van der Waals surface area (Å²) in [5.41, 5.74) is 2.39. The van der Waals surface area contributed by atoms with Crippen molar-refractivity contribution in [1.82, 2.24) is 20.1 Å². The van der Waals surface area contributed by atoms with E-state index in [1.807, 2.05) is 35.4 Å². The quantitative estimate of drug-likeness (QED) is 0.731. The van der Waals surface area contributed by atoms with E-state index >= 15 is 0 Å². The number of amides is 1. The summed E-state index contributed by atoms with van der Waals surface area (Å²) in [6, 6.07) is 9.85. The van der Waals surface area contributed by atoms with Gasteiger partial charge in [0.25, 0.3) is 5.91 Å². The van der Waals surface area contributed by atoms with Gasteiger partial charge in [-0.2, -0.15) is 5.10 Å². The number of piperidine rings is 1. The van der Waals surface area contributed by atoms with Crippen LogP contribution < -0.4 is 0 Å². The Morgan fingerprint density at radius 2 is 2.33 bits per heavy atom. The molecule has 1 aliphatic rings. The zero-order chi connectivity index (χ0) is 18.6. The summed E-state index contributed by atoms with van der Waals surface area (Å²) in [5, 5.41) is 7.22. The molecule has 1 unspecified atom stereocenters. The number of nitrogens with one attached hydrogen (secondary N) is 1. The SMILES string of the molecule is Cc1ccc(-c2cc(C(=O)N3CCCC(OCc4cccnc4)C3)n[nH]2)s1. The smallest absolute Gasteiger partial charge is 0.274 e. The maximum atomic E-state index is 12.9. The summed E-state index contributed by atoms with van der Waals surface area (Å²) in [6.07, 6.45) is 5.50. The number of aryl methyl sites for hydroxylation is 1. The lowest BCUT2D eigenvalue weighted by Crippen LogP contribution is -2.43. The first-order valence-electron chi connectivity index (χ1n) is 9.11. The Morgan fingerprint density at radius 1 is 1.41 bits per heavy atom. The Morgan fingerprint density at radius 3 is 3.11 bits per heavy atom. The number of pyridine rings is 1. The molecule has 3 aromatic rings. The number of carbonyl (C=O) groups excluding carboxylic acids is 1. The highest BCUT2D eigenvalue weighted by Crippen LogP contribution is 2.27. The van der Waals surface area contributed by atoms with Gasteiger partial charge in [-0.05, 0) is 49.6 Å². The number of aromatic nitrogens is 3. The zero-order valence-corrected chi connectivity index (χ0v) is 16.0. The van der Waals surface area contributed by atoms with Crippen molar-refractivity contribution in [2.24, 2.45) is 0 Å². The predicted molar refractivity (Wildman–Crippen MR) is 105 cm³/mol. The standard InChI is InChI=1S/C20H22N4O2S/c1-14-6-7-19(27-14)17-10-18(23-22-17)20(25)24-9-3-5-16(12-24)26-13-15-4-2-8-21-11-15/h2,4,6-8,10-11,16H,3,5,9,12-13H2,1H3,(H,22,23). The van der Waals surface area contributed by atoms with Gasteiger partial charge in [-0.1, -0.05) is 6.07 Å². The molecule has 140 valence electrons. The minimum absolute atomic E-state index is 0.0412. The third-order valence-corrected chi connectivity index (χ3v) is 5.71. The molecule has 0 saturated carbocycles. The maximum Gasteiger partial charge on any atom is 0.274 e. The van der Waals surface area contributed by atoms with E-state index in [4.69, 9.17) is 4.74 Å². The summed E-state index contributed by atoms with van der Waals surface area (Å²) in [7, 11) is 0. The molecule has 4 heterocycles. The molecule has 0 aromatic carbocycles. The van der Waals surface area contributed by atoms with Gasteiger partial charge in [0.15, 0.2) is 5.69 Å². The molecule has 4 rings (SSSR count). The van der Waals surface area contributed by atoms with E-state index in [-0.39, 0.29) is 12.0 Å². The largest absolute Gasteiger partial charge is 0.372 e. The van der Waals surface area contributed by atoms with Crippen LogP contribution in [0.5, 0.6) is 0 Å². The molecule has 1 saturated heterocycles. The number of hydrogen-bond donors (Lipinski definition) is 1. The molecule has 1 atom stereocenters. The zero-order valence-electron chi connectivity index (χ0n) is 15.2. The van der Waals surface area contributed by atoms with Crippen molar-refractivity contribution >= 4 is 17.2 Å². The minimum Gasteiger partial charge on any atom is -0.372 e. The van der Waals surface area contributed by atoms with Crippen molar-refractivity contribution in [3.8, 4) is 10.6 Å².